The zero-order chi connectivity index (χ0) is 9.19. The van der Waals surface area contributed by atoms with E-state index < -0.39 is 0 Å². The van der Waals surface area contributed by atoms with Crippen LogP contribution >= 0.6 is 0 Å². The number of rotatable bonds is 2. The Hall–Kier alpha value is -0.531. The van der Waals surface area contributed by atoms with Crippen LogP contribution in [-0.4, -0.2) is 26.4 Å². The van der Waals surface area contributed by atoms with Gasteiger partial charge in [0.15, 0.2) is 0 Å². The molecular formula is C9H12O2Se. The van der Waals surface area contributed by atoms with Crippen molar-refractivity contribution in [1.82, 2.24) is 0 Å². The molecule has 0 saturated carbocycles. The van der Waals surface area contributed by atoms with Crippen molar-refractivity contribution in [2.24, 2.45) is 0 Å². The molecule has 1 rings (SSSR count). The summed E-state index contributed by atoms with van der Waals surface area (Å²) in [4.78, 5) is 12.5. The van der Waals surface area contributed by atoms with Crippen molar-refractivity contribution in [1.29, 1.82) is 0 Å². The third-order valence-electron chi connectivity index (χ3n) is 1.18. The fourth-order valence-electron chi connectivity index (χ4n) is 0.754. The normalized spacial score (nSPS) is 11.2. The van der Waals surface area contributed by atoms with Crippen molar-refractivity contribution in [2.75, 3.05) is 0 Å². The van der Waals surface area contributed by atoms with Crippen LogP contribution in [0.15, 0.2) is 11.0 Å². The predicted molar refractivity (Wildman–Crippen MR) is 49.2 cm³/mol. The average molecular weight is 231 g/mol. The van der Waals surface area contributed by atoms with Gasteiger partial charge in [0, 0.05) is 0 Å². The van der Waals surface area contributed by atoms with Crippen LogP contribution in [0.25, 0.3) is 0 Å². The van der Waals surface area contributed by atoms with Gasteiger partial charge in [0.05, 0.1) is 0 Å². The molecule has 3 heteroatoms. The summed E-state index contributed by atoms with van der Waals surface area (Å²) in [6, 6.07) is 1.83. The molecule has 0 bridgehead atoms. The van der Waals surface area contributed by atoms with E-state index in [9.17, 15) is 4.79 Å². The molecule has 0 atom stereocenters. The molecule has 1 heterocycles. The van der Waals surface area contributed by atoms with E-state index in [1.54, 1.807) is 0 Å². The van der Waals surface area contributed by atoms with Gasteiger partial charge in [-0.05, 0) is 0 Å². The third-order valence-corrected chi connectivity index (χ3v) is 2.87. The van der Waals surface area contributed by atoms with Crippen molar-refractivity contribution < 1.29 is 9.53 Å². The molecule has 0 aliphatic rings. The van der Waals surface area contributed by atoms with Gasteiger partial charge in [-0.1, -0.05) is 0 Å². The van der Waals surface area contributed by atoms with Gasteiger partial charge in [-0.3, -0.25) is 0 Å². The van der Waals surface area contributed by atoms with Gasteiger partial charge in [0.25, 0.3) is 0 Å². The van der Waals surface area contributed by atoms with Crippen molar-refractivity contribution >= 4 is 20.8 Å². The van der Waals surface area contributed by atoms with Gasteiger partial charge in [0.2, 0.25) is 0 Å². The van der Waals surface area contributed by atoms with Crippen LogP contribution in [0.1, 0.15) is 31.1 Å². The summed E-state index contributed by atoms with van der Waals surface area (Å²) in [5.41, 5.74) is 0.502. The fourth-order valence-corrected chi connectivity index (χ4v) is 2.62. The Bertz CT molecular complexity index is 270. The zero-order valence-electron chi connectivity index (χ0n) is 7.46. The van der Waals surface area contributed by atoms with Gasteiger partial charge in [-0.25, -0.2) is 0 Å². The fraction of sp³-hybridized carbons (Fsp3) is 0.444. The van der Waals surface area contributed by atoms with Gasteiger partial charge in [0.1, 0.15) is 0 Å². The van der Waals surface area contributed by atoms with E-state index in [2.05, 4.69) is 0 Å². The molecule has 0 saturated heterocycles. The topological polar surface area (TPSA) is 26.3 Å². The summed E-state index contributed by atoms with van der Waals surface area (Å²) in [7, 11) is 0. The summed E-state index contributed by atoms with van der Waals surface area (Å²) in [5, 5.41) is 0. The molecule has 66 valence electrons. The number of carbonyl (C=O) groups is 1. The SMILES string of the molecule is CC(C)(C)Oc1[se]ccc1C=O. The summed E-state index contributed by atoms with van der Waals surface area (Å²) in [6.07, 6.45) is 0.853. The molecule has 0 aliphatic heterocycles. The van der Waals surface area contributed by atoms with E-state index in [0.29, 0.717) is 5.56 Å². The molecule has 2 nitrogen and oxygen atoms in total. The monoisotopic (exact) mass is 232 g/mol. The number of aldehydes is 1. The number of carbonyl (C=O) groups excluding carboxylic acids is 1. The number of hydrogen-bond acceptors (Lipinski definition) is 2. The molecule has 12 heavy (non-hydrogen) atoms. The molecule has 0 aromatic carbocycles. The van der Waals surface area contributed by atoms with Crippen LogP contribution < -0.4 is 4.74 Å². The summed E-state index contributed by atoms with van der Waals surface area (Å²) in [5.74, 6) is 0. The summed E-state index contributed by atoms with van der Waals surface area (Å²) < 4.78 is 6.47. The first-order valence-corrected chi connectivity index (χ1v) is 5.59. The minimum atomic E-state index is -0.197. The van der Waals surface area contributed by atoms with E-state index in [1.807, 2.05) is 31.8 Å². The van der Waals surface area contributed by atoms with Crippen LogP contribution in [0, 0.1) is 0 Å². The van der Waals surface area contributed by atoms with Crippen molar-refractivity contribution in [3.05, 3.63) is 16.6 Å². The Morgan fingerprint density at radius 2 is 2.17 bits per heavy atom. The Morgan fingerprint density at radius 3 is 2.67 bits per heavy atom. The molecule has 0 aliphatic carbocycles. The van der Waals surface area contributed by atoms with E-state index in [-0.39, 0.29) is 20.1 Å². The van der Waals surface area contributed by atoms with E-state index >= 15 is 0 Å². The standard InChI is InChI=1S/C9H12O2Se/c1-9(2,3)11-8-7(6-10)4-5-12-8/h4-6H,1-3H3. The van der Waals surface area contributed by atoms with Gasteiger partial charge in [-0.15, -0.1) is 0 Å². The zero-order valence-corrected chi connectivity index (χ0v) is 9.17. The number of hydrogen-bond donors (Lipinski definition) is 0. The Morgan fingerprint density at radius 1 is 1.50 bits per heavy atom. The summed E-state index contributed by atoms with van der Waals surface area (Å²) >= 11 is 0.212. The second-order valence-corrected chi connectivity index (χ2v) is 5.34. The third kappa shape index (κ3) is 2.50. The molecule has 1 aromatic heterocycles. The molecule has 0 fully saturated rings. The molecule has 0 unspecified atom stereocenters. The van der Waals surface area contributed by atoms with Crippen molar-refractivity contribution in [2.45, 2.75) is 26.4 Å². The van der Waals surface area contributed by atoms with Crippen molar-refractivity contribution in [3.8, 4) is 4.62 Å². The van der Waals surface area contributed by atoms with Gasteiger partial charge >= 0.3 is 77.9 Å². The van der Waals surface area contributed by atoms with E-state index in [1.165, 1.54) is 0 Å². The average Bonchev–Trinajstić information content (AvgIpc) is 2.31. The first kappa shape index (κ1) is 9.56. The van der Waals surface area contributed by atoms with E-state index in [4.69, 9.17) is 4.74 Å². The van der Waals surface area contributed by atoms with Crippen molar-refractivity contribution in [3.63, 3.8) is 0 Å². The maximum absolute atomic E-state index is 10.5. The predicted octanol–water partition coefficient (Wildman–Crippen LogP) is 1.73. The van der Waals surface area contributed by atoms with Crippen LogP contribution in [0.5, 0.6) is 4.62 Å². The second kappa shape index (κ2) is 3.46. The second-order valence-electron chi connectivity index (χ2n) is 3.50. The van der Waals surface area contributed by atoms with Crippen LogP contribution in [0.4, 0.5) is 0 Å². The molecule has 0 spiro atoms. The van der Waals surface area contributed by atoms with Crippen LogP contribution in [0.3, 0.4) is 0 Å². The van der Waals surface area contributed by atoms with Gasteiger partial charge in [-0.2, -0.15) is 0 Å². The maximum atomic E-state index is 10.5. The Kier molecular flexibility index (Phi) is 2.76. The number of ether oxygens (including phenoxy) is 1. The molecule has 0 radical (unpaired) electrons. The molecule has 0 N–H and O–H groups in total. The first-order valence-electron chi connectivity index (χ1n) is 3.74. The van der Waals surface area contributed by atoms with Gasteiger partial charge < -0.3 is 0 Å². The summed E-state index contributed by atoms with van der Waals surface area (Å²) in [6.45, 7) is 5.95. The van der Waals surface area contributed by atoms with Crippen LogP contribution in [-0.2, 0) is 0 Å². The first-order chi connectivity index (χ1) is 5.53. The van der Waals surface area contributed by atoms with Crippen LogP contribution in [0.2, 0.25) is 0 Å². The molecule has 0 amide bonds. The molecular weight excluding hydrogens is 219 g/mol. The Labute approximate surface area is 78.3 Å². The Balaban J connectivity index is 2.81. The quantitative estimate of drug-likeness (QED) is 0.572. The molecule has 1 aromatic rings. The van der Waals surface area contributed by atoms with E-state index in [0.717, 1.165) is 10.9 Å². The minimum absolute atomic E-state index is 0.197.